The number of para-hydroxylation sites is 1. The van der Waals surface area contributed by atoms with Crippen molar-refractivity contribution < 1.29 is 9.59 Å². The second-order valence-corrected chi connectivity index (χ2v) is 6.05. The van der Waals surface area contributed by atoms with Crippen molar-refractivity contribution in [1.29, 1.82) is 0 Å². The Morgan fingerprint density at radius 2 is 1.48 bits per heavy atom. The summed E-state index contributed by atoms with van der Waals surface area (Å²) in [5.74, 6) is -0.568. The molecule has 25 heavy (non-hydrogen) atoms. The summed E-state index contributed by atoms with van der Waals surface area (Å²) in [5.41, 5.74) is 5.06. The molecule has 0 aliphatic heterocycles. The molecule has 2 aromatic carbocycles. The molecule has 0 atom stereocenters. The molecule has 1 saturated carbocycles. The maximum absolute atomic E-state index is 12.5. The highest BCUT2D eigenvalue weighted by atomic mass is 16.2. The molecule has 5 nitrogen and oxygen atoms in total. The first-order chi connectivity index (χ1) is 12.2. The molecule has 0 saturated heterocycles. The number of rotatable bonds is 4. The van der Waals surface area contributed by atoms with Crippen LogP contribution in [0, 0.1) is 0 Å². The lowest BCUT2D eigenvalue weighted by Crippen LogP contribution is -2.23. The molecule has 0 aromatic heterocycles. The second-order valence-electron chi connectivity index (χ2n) is 6.05. The molecule has 1 fully saturated rings. The number of anilines is 1. The van der Waals surface area contributed by atoms with Gasteiger partial charge in [-0.2, -0.15) is 5.10 Å². The maximum atomic E-state index is 12.5. The molecule has 2 aromatic rings. The van der Waals surface area contributed by atoms with Gasteiger partial charge in [0, 0.05) is 11.3 Å². The van der Waals surface area contributed by atoms with E-state index in [1.54, 1.807) is 48.5 Å². The lowest BCUT2D eigenvalue weighted by Gasteiger charge is -2.13. The van der Waals surface area contributed by atoms with E-state index >= 15 is 0 Å². The van der Waals surface area contributed by atoms with Crippen LogP contribution in [0.4, 0.5) is 5.69 Å². The molecular formula is C20H21N3O2. The molecular weight excluding hydrogens is 314 g/mol. The quantitative estimate of drug-likeness (QED) is 0.829. The number of hydrogen-bond donors (Lipinski definition) is 2. The van der Waals surface area contributed by atoms with E-state index in [-0.39, 0.29) is 11.8 Å². The zero-order valence-electron chi connectivity index (χ0n) is 14.0. The van der Waals surface area contributed by atoms with E-state index in [9.17, 15) is 9.59 Å². The minimum absolute atomic E-state index is 0.251. The summed E-state index contributed by atoms with van der Waals surface area (Å²) in [7, 11) is 0. The van der Waals surface area contributed by atoms with Gasteiger partial charge < -0.3 is 5.32 Å². The predicted molar refractivity (Wildman–Crippen MR) is 98.8 cm³/mol. The third kappa shape index (κ3) is 4.53. The number of hydrogen-bond acceptors (Lipinski definition) is 3. The molecule has 5 heteroatoms. The first-order valence-corrected chi connectivity index (χ1v) is 8.55. The van der Waals surface area contributed by atoms with Gasteiger partial charge in [-0.05, 0) is 49.9 Å². The Morgan fingerprint density at radius 1 is 0.800 bits per heavy atom. The predicted octanol–water partition coefficient (Wildman–Crippen LogP) is 3.99. The monoisotopic (exact) mass is 335 g/mol. The second kappa shape index (κ2) is 8.24. The Balaban J connectivity index is 1.72. The van der Waals surface area contributed by atoms with Gasteiger partial charge in [0.2, 0.25) is 0 Å². The van der Waals surface area contributed by atoms with Gasteiger partial charge in [-0.25, -0.2) is 5.43 Å². The van der Waals surface area contributed by atoms with Gasteiger partial charge in [-0.15, -0.1) is 0 Å². The first-order valence-electron chi connectivity index (χ1n) is 8.55. The normalized spacial score (nSPS) is 13.8. The van der Waals surface area contributed by atoms with Gasteiger partial charge in [0.05, 0.1) is 11.3 Å². The van der Waals surface area contributed by atoms with Crippen molar-refractivity contribution in [3.63, 3.8) is 0 Å². The first kappa shape index (κ1) is 16.9. The Labute approximate surface area is 147 Å². The highest BCUT2D eigenvalue weighted by Crippen LogP contribution is 2.17. The fraction of sp³-hybridized carbons (Fsp3) is 0.250. The molecule has 0 radical (unpaired) electrons. The summed E-state index contributed by atoms with van der Waals surface area (Å²) in [4.78, 5) is 24.8. The fourth-order valence-electron chi connectivity index (χ4n) is 2.84. The number of amides is 2. The molecule has 1 aliphatic carbocycles. The van der Waals surface area contributed by atoms with Crippen LogP contribution in [0.5, 0.6) is 0 Å². The van der Waals surface area contributed by atoms with Crippen molar-refractivity contribution in [2.75, 3.05) is 5.32 Å². The van der Waals surface area contributed by atoms with Crippen molar-refractivity contribution in [3.05, 3.63) is 65.7 Å². The number of nitrogens with zero attached hydrogens (tertiary/aromatic N) is 1. The molecule has 0 unspecified atom stereocenters. The average Bonchev–Trinajstić information content (AvgIpc) is 2.68. The van der Waals surface area contributed by atoms with Crippen molar-refractivity contribution in [3.8, 4) is 0 Å². The number of hydrazone groups is 1. The SMILES string of the molecule is O=C(Nc1ccccc1C(=O)NN=C1CCCCC1)c1ccccc1. The third-order valence-corrected chi connectivity index (χ3v) is 4.20. The highest BCUT2D eigenvalue weighted by molar-refractivity contribution is 6.09. The van der Waals surface area contributed by atoms with Crippen LogP contribution in [0.1, 0.15) is 52.8 Å². The van der Waals surface area contributed by atoms with Crippen LogP contribution in [0.2, 0.25) is 0 Å². The van der Waals surface area contributed by atoms with E-state index < -0.39 is 0 Å². The van der Waals surface area contributed by atoms with Crippen LogP contribution in [-0.2, 0) is 0 Å². The Hall–Kier alpha value is -2.95. The van der Waals surface area contributed by atoms with Gasteiger partial charge >= 0.3 is 0 Å². The van der Waals surface area contributed by atoms with Gasteiger partial charge in [0.25, 0.3) is 11.8 Å². The van der Waals surface area contributed by atoms with Crippen molar-refractivity contribution >= 4 is 23.2 Å². The van der Waals surface area contributed by atoms with Crippen molar-refractivity contribution in [2.24, 2.45) is 5.10 Å². The lowest BCUT2D eigenvalue weighted by molar-refractivity contribution is 0.0955. The van der Waals surface area contributed by atoms with Crippen LogP contribution in [0.15, 0.2) is 59.7 Å². The zero-order valence-corrected chi connectivity index (χ0v) is 14.0. The summed E-state index contributed by atoms with van der Waals surface area (Å²) in [6.07, 6.45) is 5.34. The Bertz CT molecular complexity index is 777. The van der Waals surface area contributed by atoms with Crippen LogP contribution in [0.3, 0.4) is 0 Å². The maximum Gasteiger partial charge on any atom is 0.273 e. The molecule has 3 rings (SSSR count). The van der Waals surface area contributed by atoms with E-state index in [2.05, 4.69) is 15.8 Å². The molecule has 0 heterocycles. The summed E-state index contributed by atoms with van der Waals surface area (Å²) < 4.78 is 0. The number of carbonyl (C=O) groups is 2. The van der Waals surface area contributed by atoms with E-state index in [4.69, 9.17) is 0 Å². The zero-order chi connectivity index (χ0) is 17.5. The third-order valence-electron chi connectivity index (χ3n) is 4.20. The standard InChI is InChI=1S/C20H21N3O2/c24-19(15-9-3-1-4-10-15)21-18-14-8-7-13-17(18)20(25)23-22-16-11-5-2-6-12-16/h1,3-4,7-10,13-14H,2,5-6,11-12H2,(H,21,24)(H,23,25). The van der Waals surface area contributed by atoms with Crippen LogP contribution in [-0.4, -0.2) is 17.5 Å². The Morgan fingerprint density at radius 3 is 2.24 bits per heavy atom. The van der Waals surface area contributed by atoms with Gasteiger partial charge in [0.1, 0.15) is 0 Å². The largest absolute Gasteiger partial charge is 0.321 e. The number of benzene rings is 2. The number of nitrogens with one attached hydrogen (secondary N) is 2. The Kier molecular flexibility index (Phi) is 5.57. The van der Waals surface area contributed by atoms with Crippen molar-refractivity contribution in [1.82, 2.24) is 5.43 Å². The van der Waals surface area contributed by atoms with E-state index in [1.807, 2.05) is 6.07 Å². The molecule has 1 aliphatic rings. The van der Waals surface area contributed by atoms with E-state index in [0.29, 0.717) is 16.8 Å². The lowest BCUT2D eigenvalue weighted by atomic mass is 9.99. The van der Waals surface area contributed by atoms with Crippen LogP contribution < -0.4 is 10.7 Å². The van der Waals surface area contributed by atoms with Crippen LogP contribution >= 0.6 is 0 Å². The summed E-state index contributed by atoms with van der Waals surface area (Å²) >= 11 is 0. The molecule has 0 bridgehead atoms. The van der Waals surface area contributed by atoms with E-state index in [1.165, 1.54) is 6.42 Å². The van der Waals surface area contributed by atoms with Crippen LogP contribution in [0.25, 0.3) is 0 Å². The van der Waals surface area contributed by atoms with Gasteiger partial charge in [-0.3, -0.25) is 9.59 Å². The molecule has 2 N–H and O–H groups in total. The van der Waals surface area contributed by atoms with E-state index in [0.717, 1.165) is 31.4 Å². The minimum Gasteiger partial charge on any atom is -0.321 e. The summed E-state index contributed by atoms with van der Waals surface area (Å²) in [5, 5.41) is 7.04. The smallest absolute Gasteiger partial charge is 0.273 e. The van der Waals surface area contributed by atoms with Gasteiger partial charge in [-0.1, -0.05) is 36.8 Å². The highest BCUT2D eigenvalue weighted by Gasteiger charge is 2.14. The molecule has 0 spiro atoms. The van der Waals surface area contributed by atoms with Gasteiger partial charge in [0.15, 0.2) is 0 Å². The molecule has 128 valence electrons. The number of carbonyl (C=O) groups excluding carboxylic acids is 2. The summed E-state index contributed by atoms with van der Waals surface area (Å²) in [6.45, 7) is 0. The fourth-order valence-corrected chi connectivity index (χ4v) is 2.84. The molecule has 2 amide bonds. The topological polar surface area (TPSA) is 70.6 Å². The minimum atomic E-state index is -0.318. The average molecular weight is 335 g/mol. The summed E-state index contributed by atoms with van der Waals surface area (Å²) in [6, 6.07) is 15.8. The van der Waals surface area contributed by atoms with Crippen molar-refractivity contribution in [2.45, 2.75) is 32.1 Å².